The Kier molecular flexibility index (Phi) is 19.6. The molecule has 0 N–H and O–H groups in total. The van der Waals surface area contributed by atoms with Gasteiger partial charge in [0.25, 0.3) is 0 Å². The summed E-state index contributed by atoms with van der Waals surface area (Å²) < 4.78 is 103. The molecule has 412 valence electrons. The van der Waals surface area contributed by atoms with Gasteiger partial charge in [-0.15, -0.1) is 20.4 Å². The van der Waals surface area contributed by atoms with Crippen LogP contribution in [0.3, 0.4) is 0 Å². The first-order valence-electron chi connectivity index (χ1n) is 24.3. The molecule has 0 radical (unpaired) electrons. The molecule has 22 nitrogen and oxygen atoms in total. The Morgan fingerprint density at radius 2 is 0.855 bits per heavy atom. The second-order valence-electron chi connectivity index (χ2n) is 18.2. The second-order valence-corrected chi connectivity index (χ2v) is 23.8. The molecule has 1 unspecified atom stereocenters. The molecule has 4 aromatic heterocycles. The molecule has 0 aliphatic heterocycles. The van der Waals surface area contributed by atoms with Crippen LogP contribution < -0.4 is 18.9 Å². The van der Waals surface area contributed by atoms with Crippen molar-refractivity contribution in [3.63, 3.8) is 0 Å². The van der Waals surface area contributed by atoms with Crippen molar-refractivity contribution in [2.45, 2.75) is 111 Å². The van der Waals surface area contributed by atoms with Crippen LogP contribution in [0.15, 0.2) is 61.2 Å². The Bertz CT molecular complexity index is 2860. The number of nitrogens with zero attached hydrogens (tertiary/aromatic N) is 10. The van der Waals surface area contributed by atoms with E-state index in [1.807, 2.05) is 0 Å². The maximum Gasteiger partial charge on any atom is 0.163 e. The number of aromatic nitrogens is 10. The highest BCUT2D eigenvalue weighted by Crippen LogP contribution is 2.43. The van der Waals surface area contributed by atoms with Crippen LogP contribution in [-0.4, -0.2) is 146 Å². The molecule has 0 saturated heterocycles. The summed E-state index contributed by atoms with van der Waals surface area (Å²) in [5.41, 5.74) is 1.08. The van der Waals surface area contributed by atoms with Crippen molar-refractivity contribution in [2.24, 2.45) is 0 Å². The molecule has 0 spiro atoms. The zero-order chi connectivity index (χ0) is 54.9. The average Bonchev–Trinajstić information content (AvgIpc) is 4.27. The van der Waals surface area contributed by atoms with E-state index in [0.29, 0.717) is 56.1 Å². The standard InChI is InChI=1S/2C25H32ClN5O6S/c2*1-15(23(37-5)24-27-12-17(26)13-28-24)38(32,33)14-21-29-30-25(16-9-10-18(11-16)34-2)31(21)22-19(35-3)7-6-8-20(22)36-4/h2*6-8,12-13,15-16,18,23H,9-11,14H2,1-5H3/t15-,16?,18-,23-;15-,16-,18+,23-/m00/s1. The van der Waals surface area contributed by atoms with Crippen LogP contribution >= 0.6 is 23.2 Å². The smallest absolute Gasteiger partial charge is 0.163 e. The molecule has 2 aromatic carbocycles. The summed E-state index contributed by atoms with van der Waals surface area (Å²) in [6, 6.07) is 10.7. The van der Waals surface area contributed by atoms with Gasteiger partial charge in [-0.2, -0.15) is 0 Å². The van der Waals surface area contributed by atoms with Crippen LogP contribution in [0.25, 0.3) is 11.4 Å². The van der Waals surface area contributed by atoms with Gasteiger partial charge in [-0.25, -0.2) is 36.8 Å². The minimum atomic E-state index is -3.85. The zero-order valence-corrected chi connectivity index (χ0v) is 47.1. The molecular weight excluding hydrogens is 1070 g/mol. The fourth-order valence-corrected chi connectivity index (χ4v) is 12.7. The van der Waals surface area contributed by atoms with Crippen molar-refractivity contribution in [1.82, 2.24) is 49.5 Å². The summed E-state index contributed by atoms with van der Waals surface area (Å²) in [6.45, 7) is 3.12. The highest BCUT2D eigenvalue weighted by atomic mass is 35.5. The van der Waals surface area contributed by atoms with Gasteiger partial charge in [-0.3, -0.25) is 9.13 Å². The fraction of sp³-hybridized carbons (Fsp3) is 0.520. The van der Waals surface area contributed by atoms with Crippen molar-refractivity contribution >= 4 is 42.9 Å². The number of sulfone groups is 2. The Hall–Kier alpha value is -5.60. The van der Waals surface area contributed by atoms with Crippen LogP contribution in [0.2, 0.25) is 10.0 Å². The van der Waals surface area contributed by atoms with Gasteiger partial charge in [0.15, 0.2) is 43.0 Å². The van der Waals surface area contributed by atoms with E-state index in [2.05, 4.69) is 40.3 Å². The summed E-state index contributed by atoms with van der Waals surface area (Å²) in [5, 5.41) is 16.4. The summed E-state index contributed by atoms with van der Waals surface area (Å²) >= 11 is 11.8. The number of hydrogen-bond donors (Lipinski definition) is 0. The highest BCUT2D eigenvalue weighted by Gasteiger charge is 2.39. The molecule has 4 heterocycles. The summed E-state index contributed by atoms with van der Waals surface area (Å²) in [6.07, 6.45) is 8.88. The molecular formula is C50H64Cl2N10O12S2. The highest BCUT2D eigenvalue weighted by molar-refractivity contribution is 7.91. The van der Waals surface area contributed by atoms with Gasteiger partial charge in [0.05, 0.1) is 61.2 Å². The molecule has 2 aliphatic carbocycles. The van der Waals surface area contributed by atoms with Gasteiger partial charge in [0.1, 0.15) is 69.7 Å². The first-order valence-corrected chi connectivity index (χ1v) is 28.5. The zero-order valence-electron chi connectivity index (χ0n) is 44.0. The Balaban J connectivity index is 0.000000221. The lowest BCUT2D eigenvalue weighted by molar-refractivity contribution is 0.0947. The molecule has 0 bridgehead atoms. The lowest BCUT2D eigenvalue weighted by atomic mass is 10.1. The number of methoxy groups -OCH3 is 8. The molecule has 2 aliphatic rings. The Morgan fingerprint density at radius 3 is 1.13 bits per heavy atom. The number of hydrogen-bond acceptors (Lipinski definition) is 20. The van der Waals surface area contributed by atoms with Crippen LogP contribution in [0, 0.1) is 0 Å². The van der Waals surface area contributed by atoms with E-state index < -0.39 is 53.9 Å². The summed E-state index contributed by atoms with van der Waals surface area (Å²) in [7, 11) is 4.72. The van der Waals surface area contributed by atoms with E-state index in [9.17, 15) is 16.8 Å². The van der Waals surface area contributed by atoms with E-state index in [1.165, 1.54) is 39.0 Å². The lowest BCUT2D eigenvalue weighted by Crippen LogP contribution is -2.30. The number of para-hydroxylation sites is 2. The van der Waals surface area contributed by atoms with Gasteiger partial charge < -0.3 is 37.9 Å². The van der Waals surface area contributed by atoms with Crippen molar-refractivity contribution in [1.29, 1.82) is 0 Å². The molecule has 8 rings (SSSR count). The van der Waals surface area contributed by atoms with E-state index >= 15 is 0 Å². The van der Waals surface area contributed by atoms with Crippen molar-refractivity contribution in [3.8, 4) is 34.4 Å². The third kappa shape index (κ3) is 12.7. The molecule has 8 atom stereocenters. The van der Waals surface area contributed by atoms with Gasteiger partial charge >= 0.3 is 0 Å². The van der Waals surface area contributed by atoms with E-state index in [0.717, 1.165) is 38.5 Å². The SMILES string of the molecule is COc1cccc(OC)c1-n1c(CS(=O)(=O)[C@@H](C)[C@H](OC)c2ncc(Cl)cn2)nnc1C1CC[C@H](OC)C1.COc1cccc(OC)c1-n1c(CS(=O)(=O)[C@@H](C)[C@H](OC)c2ncc(Cl)cn2)nnc1[C@H]1CC[C@@H](OC)C1. The minimum Gasteiger partial charge on any atom is -0.494 e. The van der Waals surface area contributed by atoms with Gasteiger partial charge in [-0.1, -0.05) is 35.3 Å². The Morgan fingerprint density at radius 1 is 0.526 bits per heavy atom. The van der Waals surface area contributed by atoms with Gasteiger partial charge in [-0.05, 0) is 76.6 Å². The second kappa shape index (κ2) is 25.7. The Labute approximate surface area is 452 Å². The fourth-order valence-electron chi connectivity index (χ4n) is 9.70. The third-order valence-electron chi connectivity index (χ3n) is 13.9. The maximum absolute atomic E-state index is 13.7. The molecule has 6 aromatic rings. The van der Waals surface area contributed by atoms with Gasteiger partial charge in [0, 0.05) is 65.1 Å². The van der Waals surface area contributed by atoms with Crippen LogP contribution in [0.1, 0.15) is 111 Å². The van der Waals surface area contributed by atoms with Crippen LogP contribution in [0.4, 0.5) is 0 Å². The average molecular weight is 1130 g/mol. The summed E-state index contributed by atoms with van der Waals surface area (Å²) in [4.78, 5) is 16.7. The number of ether oxygens (including phenoxy) is 8. The predicted molar refractivity (Wildman–Crippen MR) is 281 cm³/mol. The van der Waals surface area contributed by atoms with E-state index in [1.54, 1.807) is 102 Å². The van der Waals surface area contributed by atoms with Crippen molar-refractivity contribution in [2.75, 3.05) is 56.9 Å². The number of rotatable bonds is 22. The monoisotopic (exact) mass is 1130 g/mol. The maximum atomic E-state index is 13.7. The first-order chi connectivity index (χ1) is 36.5. The normalized spacial score (nSPS) is 19.3. The minimum absolute atomic E-state index is 0.0186. The summed E-state index contributed by atoms with van der Waals surface area (Å²) in [5.74, 6) is 3.42. The van der Waals surface area contributed by atoms with Crippen molar-refractivity contribution in [3.05, 3.63) is 106 Å². The number of benzene rings is 2. The third-order valence-corrected chi connectivity index (χ3v) is 18.3. The lowest BCUT2D eigenvalue weighted by Gasteiger charge is -2.22. The first kappa shape index (κ1) is 58.1. The van der Waals surface area contributed by atoms with E-state index in [-0.39, 0.29) is 47.3 Å². The quantitative estimate of drug-likeness (QED) is 0.0641. The van der Waals surface area contributed by atoms with Crippen LogP contribution in [-0.2, 0) is 50.1 Å². The number of halogens is 2. The van der Waals surface area contributed by atoms with E-state index in [4.69, 9.17) is 61.1 Å². The molecule has 76 heavy (non-hydrogen) atoms. The van der Waals surface area contributed by atoms with Crippen molar-refractivity contribution < 1.29 is 54.7 Å². The molecule has 2 saturated carbocycles. The molecule has 0 amide bonds. The van der Waals surface area contributed by atoms with Crippen LogP contribution in [0.5, 0.6) is 23.0 Å². The topological polar surface area (TPSA) is 255 Å². The van der Waals surface area contributed by atoms with Gasteiger partial charge in [0.2, 0.25) is 0 Å². The predicted octanol–water partition coefficient (Wildman–Crippen LogP) is 7.40. The molecule has 2 fully saturated rings. The largest absolute Gasteiger partial charge is 0.494 e. The molecule has 26 heteroatoms.